The van der Waals surface area contributed by atoms with E-state index in [2.05, 4.69) is 5.32 Å². The molecule has 0 radical (unpaired) electrons. The predicted molar refractivity (Wildman–Crippen MR) is 49.5 cm³/mol. The van der Waals surface area contributed by atoms with Crippen LogP contribution in [0.25, 0.3) is 0 Å². The molecule has 0 aliphatic heterocycles. The third-order valence-electron chi connectivity index (χ3n) is 1.33. The molecular formula is C8H16ClNO2. The summed E-state index contributed by atoms with van der Waals surface area (Å²) in [5.41, 5.74) is 0. The normalized spacial score (nSPS) is 9.83. The van der Waals surface area contributed by atoms with Gasteiger partial charge in [0.2, 0.25) is 5.91 Å². The third-order valence-corrected chi connectivity index (χ3v) is 1.48. The van der Waals surface area contributed by atoms with Crippen molar-refractivity contribution in [3.8, 4) is 0 Å². The molecule has 1 amide bonds. The van der Waals surface area contributed by atoms with Crippen molar-refractivity contribution in [1.82, 2.24) is 5.32 Å². The maximum atomic E-state index is 10.7. The highest BCUT2D eigenvalue weighted by molar-refractivity contribution is 6.17. The lowest BCUT2D eigenvalue weighted by Crippen LogP contribution is -2.24. The van der Waals surface area contributed by atoms with Crippen LogP contribution in [0.3, 0.4) is 0 Å². The average molecular weight is 194 g/mol. The molecule has 3 nitrogen and oxygen atoms in total. The Kier molecular flexibility index (Phi) is 8.61. The van der Waals surface area contributed by atoms with Gasteiger partial charge in [0, 0.05) is 25.5 Å². The summed E-state index contributed by atoms with van der Waals surface area (Å²) < 4.78 is 5.12. The lowest BCUT2D eigenvalue weighted by Gasteiger charge is -2.03. The van der Waals surface area contributed by atoms with Gasteiger partial charge >= 0.3 is 0 Å². The first-order valence-electron chi connectivity index (χ1n) is 4.21. The Balaban J connectivity index is 2.95. The number of ether oxygens (including phenoxy) is 1. The Morgan fingerprint density at radius 1 is 1.50 bits per heavy atom. The number of amides is 1. The van der Waals surface area contributed by atoms with E-state index < -0.39 is 0 Å². The lowest BCUT2D eigenvalue weighted by atomic mass is 10.4. The van der Waals surface area contributed by atoms with Crippen LogP contribution in [0.4, 0.5) is 0 Å². The molecule has 0 aromatic carbocycles. The van der Waals surface area contributed by atoms with Gasteiger partial charge in [-0.15, -0.1) is 11.6 Å². The zero-order valence-electron chi connectivity index (χ0n) is 7.44. The molecule has 0 spiro atoms. The average Bonchev–Trinajstić information content (AvgIpc) is 2.10. The molecule has 0 unspecified atom stereocenters. The van der Waals surface area contributed by atoms with E-state index in [1.54, 1.807) is 0 Å². The zero-order chi connectivity index (χ0) is 9.23. The summed E-state index contributed by atoms with van der Waals surface area (Å²) in [6.45, 7) is 3.77. The van der Waals surface area contributed by atoms with Crippen LogP contribution < -0.4 is 5.32 Å². The summed E-state index contributed by atoms with van der Waals surface area (Å²) in [7, 11) is 0. The number of hydrogen-bond acceptors (Lipinski definition) is 2. The van der Waals surface area contributed by atoms with Gasteiger partial charge in [-0.05, 0) is 6.42 Å². The number of alkyl halides is 1. The Morgan fingerprint density at radius 2 is 2.25 bits per heavy atom. The number of nitrogens with one attached hydrogen (secondary N) is 1. The molecule has 0 bridgehead atoms. The standard InChI is InChI=1S/C8H16ClNO2/c1-2-8(11)10-5-3-6-12-7-4-9/h2-7H2,1H3,(H,10,11). The number of carbonyl (C=O) groups excluding carboxylic acids is 1. The summed E-state index contributed by atoms with van der Waals surface area (Å²) in [5, 5.41) is 2.76. The Labute approximate surface area is 78.4 Å². The third kappa shape index (κ3) is 7.82. The molecule has 4 heteroatoms. The van der Waals surface area contributed by atoms with Crippen molar-refractivity contribution < 1.29 is 9.53 Å². The SMILES string of the molecule is CCC(=O)NCCCOCCCl. The monoisotopic (exact) mass is 193 g/mol. The van der Waals surface area contributed by atoms with Gasteiger partial charge in [-0.2, -0.15) is 0 Å². The smallest absolute Gasteiger partial charge is 0.219 e. The minimum atomic E-state index is 0.0901. The predicted octanol–water partition coefficient (Wildman–Crippen LogP) is 1.16. The highest BCUT2D eigenvalue weighted by Gasteiger charge is 1.94. The lowest BCUT2D eigenvalue weighted by molar-refractivity contribution is -0.120. The Bertz CT molecular complexity index is 120. The molecule has 0 saturated carbocycles. The van der Waals surface area contributed by atoms with E-state index in [0.717, 1.165) is 6.42 Å². The van der Waals surface area contributed by atoms with Gasteiger partial charge in [0.1, 0.15) is 0 Å². The second-order valence-corrected chi connectivity index (χ2v) is 2.74. The van der Waals surface area contributed by atoms with E-state index in [9.17, 15) is 4.79 Å². The topological polar surface area (TPSA) is 38.3 Å². The molecule has 1 N–H and O–H groups in total. The van der Waals surface area contributed by atoms with Gasteiger partial charge < -0.3 is 10.1 Å². The van der Waals surface area contributed by atoms with Gasteiger partial charge in [0.25, 0.3) is 0 Å². The Hall–Kier alpha value is -0.280. The van der Waals surface area contributed by atoms with Crippen molar-refractivity contribution in [1.29, 1.82) is 0 Å². The van der Waals surface area contributed by atoms with Crippen LogP contribution in [0.1, 0.15) is 19.8 Å². The number of carbonyl (C=O) groups is 1. The molecule has 0 atom stereocenters. The van der Waals surface area contributed by atoms with Gasteiger partial charge in [-0.25, -0.2) is 0 Å². The van der Waals surface area contributed by atoms with Crippen LogP contribution in [0.2, 0.25) is 0 Å². The van der Waals surface area contributed by atoms with Crippen molar-refractivity contribution in [2.45, 2.75) is 19.8 Å². The fourth-order valence-corrected chi connectivity index (χ4v) is 0.793. The van der Waals surface area contributed by atoms with E-state index in [4.69, 9.17) is 16.3 Å². The van der Waals surface area contributed by atoms with Crippen LogP contribution in [-0.4, -0.2) is 31.5 Å². The largest absolute Gasteiger partial charge is 0.380 e. The van der Waals surface area contributed by atoms with Crippen LogP contribution >= 0.6 is 11.6 Å². The molecule has 0 aromatic rings. The maximum Gasteiger partial charge on any atom is 0.219 e. The fraction of sp³-hybridized carbons (Fsp3) is 0.875. The summed E-state index contributed by atoms with van der Waals surface area (Å²) in [6, 6.07) is 0. The zero-order valence-corrected chi connectivity index (χ0v) is 8.19. The van der Waals surface area contributed by atoms with E-state index >= 15 is 0 Å². The minimum Gasteiger partial charge on any atom is -0.380 e. The molecular weight excluding hydrogens is 178 g/mol. The van der Waals surface area contributed by atoms with Crippen LogP contribution in [0.5, 0.6) is 0 Å². The molecule has 0 rings (SSSR count). The van der Waals surface area contributed by atoms with Crippen molar-refractivity contribution in [3.05, 3.63) is 0 Å². The number of rotatable bonds is 7. The highest BCUT2D eigenvalue weighted by Crippen LogP contribution is 1.83. The van der Waals surface area contributed by atoms with Crippen molar-refractivity contribution >= 4 is 17.5 Å². The van der Waals surface area contributed by atoms with Gasteiger partial charge in [-0.3, -0.25) is 4.79 Å². The molecule has 0 aliphatic carbocycles. The number of hydrogen-bond donors (Lipinski definition) is 1. The summed E-state index contributed by atoms with van der Waals surface area (Å²) in [4.78, 5) is 10.7. The van der Waals surface area contributed by atoms with Gasteiger partial charge in [0.15, 0.2) is 0 Å². The molecule has 72 valence electrons. The molecule has 0 fully saturated rings. The van der Waals surface area contributed by atoms with E-state index in [-0.39, 0.29) is 5.91 Å². The van der Waals surface area contributed by atoms with E-state index in [1.165, 1.54) is 0 Å². The highest BCUT2D eigenvalue weighted by atomic mass is 35.5. The first kappa shape index (κ1) is 11.7. The molecule has 0 heterocycles. The molecule has 12 heavy (non-hydrogen) atoms. The molecule has 0 aliphatic rings. The van der Waals surface area contributed by atoms with Gasteiger partial charge in [0.05, 0.1) is 6.61 Å². The number of halogens is 1. The minimum absolute atomic E-state index is 0.0901. The second-order valence-electron chi connectivity index (χ2n) is 2.36. The van der Waals surface area contributed by atoms with Crippen LogP contribution in [0.15, 0.2) is 0 Å². The van der Waals surface area contributed by atoms with E-state index in [1.807, 2.05) is 6.92 Å². The second kappa shape index (κ2) is 8.81. The van der Waals surface area contributed by atoms with Crippen molar-refractivity contribution in [2.75, 3.05) is 25.6 Å². The quantitative estimate of drug-likeness (QED) is 0.487. The first-order chi connectivity index (χ1) is 5.81. The first-order valence-corrected chi connectivity index (χ1v) is 4.75. The molecule has 0 aromatic heterocycles. The van der Waals surface area contributed by atoms with Crippen LogP contribution in [-0.2, 0) is 9.53 Å². The maximum absolute atomic E-state index is 10.7. The molecule has 0 saturated heterocycles. The van der Waals surface area contributed by atoms with Crippen LogP contribution in [0, 0.1) is 0 Å². The van der Waals surface area contributed by atoms with E-state index in [0.29, 0.717) is 32.1 Å². The van der Waals surface area contributed by atoms with Crippen molar-refractivity contribution in [2.24, 2.45) is 0 Å². The summed E-state index contributed by atoms with van der Waals surface area (Å²) in [5.74, 6) is 0.619. The van der Waals surface area contributed by atoms with Crippen molar-refractivity contribution in [3.63, 3.8) is 0 Å². The summed E-state index contributed by atoms with van der Waals surface area (Å²) >= 11 is 5.39. The Morgan fingerprint density at radius 3 is 2.83 bits per heavy atom. The fourth-order valence-electron chi connectivity index (χ4n) is 0.684. The summed E-state index contributed by atoms with van der Waals surface area (Å²) in [6.07, 6.45) is 1.39. The van der Waals surface area contributed by atoms with Gasteiger partial charge in [-0.1, -0.05) is 6.92 Å².